The van der Waals surface area contributed by atoms with E-state index in [-0.39, 0.29) is 37.2 Å². The highest BCUT2D eigenvalue weighted by atomic mass is 16.5. The van der Waals surface area contributed by atoms with E-state index >= 15 is 0 Å². The summed E-state index contributed by atoms with van der Waals surface area (Å²) in [6, 6.07) is 12.4. The molecule has 0 aliphatic heterocycles. The molecule has 30 heavy (non-hydrogen) atoms. The molecule has 6 nitrogen and oxygen atoms in total. The zero-order valence-electron chi connectivity index (χ0n) is 18.0. The van der Waals surface area contributed by atoms with Crippen LogP contribution >= 0.6 is 0 Å². The molecular formula is C24H29NO5. The average molecular weight is 411 g/mol. The quantitative estimate of drug-likeness (QED) is 0.460. The standard InChI is InChI=1S/C24H29NO5/c1-16(2)13-23(27)25-20-9-7-19(8-10-20)21(26)15-30-24(28)11-12-29-22-14-17(3)5-6-18(22)4/h5-10,14,16H,11-13,15H2,1-4H3,(H,25,27). The Morgan fingerprint density at radius 3 is 2.37 bits per heavy atom. The van der Waals surface area contributed by atoms with Crippen molar-refractivity contribution in [1.29, 1.82) is 0 Å². The number of anilines is 1. The summed E-state index contributed by atoms with van der Waals surface area (Å²) in [7, 11) is 0. The molecule has 0 unspecified atom stereocenters. The minimum Gasteiger partial charge on any atom is -0.493 e. The SMILES string of the molecule is Cc1ccc(C)c(OCCC(=O)OCC(=O)c2ccc(NC(=O)CC(C)C)cc2)c1. The fourth-order valence-corrected chi connectivity index (χ4v) is 2.73. The maximum atomic E-state index is 12.2. The third kappa shape index (κ3) is 7.70. The molecule has 160 valence electrons. The number of aryl methyl sites for hydroxylation is 2. The van der Waals surface area contributed by atoms with Gasteiger partial charge in [-0.1, -0.05) is 26.0 Å². The van der Waals surface area contributed by atoms with Crippen molar-refractivity contribution in [3.63, 3.8) is 0 Å². The Bertz CT molecular complexity index is 887. The van der Waals surface area contributed by atoms with Crippen molar-refractivity contribution >= 4 is 23.3 Å². The first kappa shape index (κ1) is 23.1. The van der Waals surface area contributed by atoms with Crippen molar-refractivity contribution in [2.45, 2.75) is 40.5 Å². The maximum absolute atomic E-state index is 12.2. The predicted octanol–water partition coefficient (Wildman–Crippen LogP) is 4.48. The van der Waals surface area contributed by atoms with Crippen molar-refractivity contribution in [2.24, 2.45) is 5.92 Å². The van der Waals surface area contributed by atoms with Crippen molar-refractivity contribution in [2.75, 3.05) is 18.5 Å². The molecule has 0 aliphatic rings. The number of hydrogen-bond acceptors (Lipinski definition) is 5. The van der Waals surface area contributed by atoms with Crippen molar-refractivity contribution in [3.8, 4) is 5.75 Å². The van der Waals surface area contributed by atoms with Crippen LogP contribution in [0.15, 0.2) is 42.5 Å². The second-order valence-corrected chi connectivity index (χ2v) is 7.67. The summed E-state index contributed by atoms with van der Waals surface area (Å²) in [5.74, 6) is 0.136. The average Bonchev–Trinajstić information content (AvgIpc) is 2.68. The topological polar surface area (TPSA) is 81.7 Å². The van der Waals surface area contributed by atoms with Gasteiger partial charge in [-0.2, -0.15) is 0 Å². The molecule has 0 heterocycles. The molecule has 1 amide bonds. The number of carbonyl (C=O) groups is 3. The molecule has 0 bridgehead atoms. The molecule has 6 heteroatoms. The van der Waals surface area contributed by atoms with Crippen molar-refractivity contribution < 1.29 is 23.9 Å². The van der Waals surface area contributed by atoms with Gasteiger partial charge in [0.15, 0.2) is 12.4 Å². The van der Waals surface area contributed by atoms with Gasteiger partial charge in [0.25, 0.3) is 0 Å². The van der Waals surface area contributed by atoms with Crippen LogP contribution in [0.2, 0.25) is 0 Å². The molecule has 0 atom stereocenters. The lowest BCUT2D eigenvalue weighted by Gasteiger charge is -2.10. The van der Waals surface area contributed by atoms with Gasteiger partial charge in [0.1, 0.15) is 5.75 Å². The number of esters is 1. The molecule has 2 aromatic carbocycles. The molecular weight excluding hydrogens is 382 g/mol. The normalized spacial score (nSPS) is 10.6. The molecule has 2 aromatic rings. The Morgan fingerprint density at radius 1 is 1.00 bits per heavy atom. The monoisotopic (exact) mass is 411 g/mol. The number of carbonyl (C=O) groups excluding carboxylic acids is 3. The van der Waals surface area contributed by atoms with E-state index in [4.69, 9.17) is 9.47 Å². The summed E-state index contributed by atoms with van der Waals surface area (Å²) in [6.07, 6.45) is 0.491. The maximum Gasteiger partial charge on any atom is 0.309 e. The van der Waals surface area contributed by atoms with Gasteiger partial charge in [-0.15, -0.1) is 0 Å². The number of benzene rings is 2. The zero-order valence-corrected chi connectivity index (χ0v) is 18.0. The lowest BCUT2D eigenvalue weighted by atomic mass is 10.1. The Balaban J connectivity index is 1.74. The summed E-state index contributed by atoms with van der Waals surface area (Å²) in [6.45, 7) is 7.70. The number of Topliss-reactive ketones (excluding diaryl/α,β-unsaturated/α-hetero) is 1. The molecule has 0 aromatic heterocycles. The van der Waals surface area contributed by atoms with Crippen molar-refractivity contribution in [1.82, 2.24) is 0 Å². The number of nitrogens with one attached hydrogen (secondary N) is 1. The number of rotatable bonds is 10. The number of ketones is 1. The lowest BCUT2D eigenvalue weighted by molar-refractivity contribution is -0.143. The van der Waals surface area contributed by atoms with Crippen LogP contribution in [0, 0.1) is 19.8 Å². The first-order chi connectivity index (χ1) is 14.2. The summed E-state index contributed by atoms with van der Waals surface area (Å²) in [5.41, 5.74) is 3.11. The van der Waals surface area contributed by atoms with E-state index in [2.05, 4.69) is 5.32 Å². The van der Waals surface area contributed by atoms with Crippen LogP contribution in [0.3, 0.4) is 0 Å². The van der Waals surface area contributed by atoms with Gasteiger partial charge in [0.2, 0.25) is 5.91 Å². The summed E-state index contributed by atoms with van der Waals surface area (Å²) < 4.78 is 10.7. The highest BCUT2D eigenvalue weighted by Gasteiger charge is 2.11. The summed E-state index contributed by atoms with van der Waals surface area (Å²) in [5, 5.41) is 2.78. The van der Waals surface area contributed by atoms with Gasteiger partial charge < -0.3 is 14.8 Å². The first-order valence-corrected chi connectivity index (χ1v) is 10.0. The van der Waals surface area contributed by atoms with E-state index < -0.39 is 5.97 Å². The van der Waals surface area contributed by atoms with Crippen LogP contribution < -0.4 is 10.1 Å². The Labute approximate surface area is 177 Å². The van der Waals surface area contributed by atoms with Crippen LogP contribution in [-0.4, -0.2) is 30.9 Å². The molecule has 0 saturated heterocycles. The third-order valence-electron chi connectivity index (χ3n) is 4.36. The molecule has 1 N–H and O–H groups in total. The molecule has 0 saturated carbocycles. The van der Waals surface area contributed by atoms with E-state index in [0.29, 0.717) is 17.7 Å². The largest absolute Gasteiger partial charge is 0.493 e. The van der Waals surface area contributed by atoms with Gasteiger partial charge in [-0.25, -0.2) is 0 Å². The summed E-state index contributed by atoms with van der Waals surface area (Å²) >= 11 is 0. The number of hydrogen-bond donors (Lipinski definition) is 1. The van der Waals surface area contributed by atoms with Crippen LogP contribution in [0.5, 0.6) is 5.75 Å². The van der Waals surface area contributed by atoms with Gasteiger partial charge >= 0.3 is 5.97 Å². The minimum absolute atomic E-state index is 0.0570. The lowest BCUT2D eigenvalue weighted by Crippen LogP contribution is -2.16. The molecule has 0 spiro atoms. The zero-order chi connectivity index (χ0) is 22.1. The third-order valence-corrected chi connectivity index (χ3v) is 4.36. The van der Waals surface area contributed by atoms with E-state index in [9.17, 15) is 14.4 Å². The van der Waals surface area contributed by atoms with Gasteiger partial charge in [-0.05, 0) is 61.2 Å². The minimum atomic E-state index is -0.494. The van der Waals surface area contributed by atoms with E-state index in [1.165, 1.54) is 0 Å². The van der Waals surface area contributed by atoms with E-state index in [1.807, 2.05) is 45.9 Å². The second-order valence-electron chi connectivity index (χ2n) is 7.67. The Morgan fingerprint density at radius 2 is 1.70 bits per heavy atom. The fraction of sp³-hybridized carbons (Fsp3) is 0.375. The Hall–Kier alpha value is -3.15. The smallest absolute Gasteiger partial charge is 0.309 e. The van der Waals surface area contributed by atoms with Crippen LogP contribution in [0.4, 0.5) is 5.69 Å². The summed E-state index contributed by atoms with van der Waals surface area (Å²) in [4.78, 5) is 35.9. The highest BCUT2D eigenvalue weighted by molar-refractivity contribution is 5.98. The van der Waals surface area contributed by atoms with Gasteiger partial charge in [-0.3, -0.25) is 14.4 Å². The van der Waals surface area contributed by atoms with Gasteiger partial charge in [0.05, 0.1) is 13.0 Å². The first-order valence-electron chi connectivity index (χ1n) is 10.0. The van der Waals surface area contributed by atoms with Crippen LogP contribution in [0.25, 0.3) is 0 Å². The number of ether oxygens (including phenoxy) is 2. The molecule has 0 radical (unpaired) electrons. The highest BCUT2D eigenvalue weighted by Crippen LogP contribution is 2.19. The molecule has 0 fully saturated rings. The molecule has 0 aliphatic carbocycles. The van der Waals surface area contributed by atoms with Gasteiger partial charge in [0, 0.05) is 17.7 Å². The van der Waals surface area contributed by atoms with E-state index in [0.717, 1.165) is 16.9 Å². The predicted molar refractivity (Wildman–Crippen MR) is 116 cm³/mol. The van der Waals surface area contributed by atoms with Crippen LogP contribution in [-0.2, 0) is 14.3 Å². The molecule has 2 rings (SSSR count). The van der Waals surface area contributed by atoms with Crippen molar-refractivity contribution in [3.05, 3.63) is 59.2 Å². The van der Waals surface area contributed by atoms with E-state index in [1.54, 1.807) is 24.3 Å². The fourth-order valence-electron chi connectivity index (χ4n) is 2.73. The Kier molecular flexibility index (Phi) is 8.59. The van der Waals surface area contributed by atoms with Crippen LogP contribution in [0.1, 0.15) is 48.2 Å². The number of amides is 1. The second kappa shape index (κ2) is 11.1.